The first kappa shape index (κ1) is 14.2. The molecule has 5 nitrogen and oxygen atoms in total. The lowest BCUT2D eigenvalue weighted by Gasteiger charge is -2.07. The number of ketones is 1. The minimum atomic E-state index is -0.471. The second-order valence-corrected chi connectivity index (χ2v) is 4.69. The maximum absolute atomic E-state index is 13.2. The Bertz CT molecular complexity index is 623. The number of hydrogen-bond acceptors (Lipinski definition) is 5. The number of hydrogen-bond donors (Lipinski definition) is 0. The Kier molecular flexibility index (Phi) is 4.12. The van der Waals surface area contributed by atoms with Crippen LogP contribution >= 0.6 is 0 Å². The van der Waals surface area contributed by atoms with E-state index in [4.69, 9.17) is 9.26 Å². The van der Waals surface area contributed by atoms with E-state index in [0.29, 0.717) is 17.3 Å². The third-order valence-electron chi connectivity index (χ3n) is 2.66. The van der Waals surface area contributed by atoms with E-state index in [9.17, 15) is 9.18 Å². The molecule has 0 unspecified atom stereocenters. The highest BCUT2D eigenvalue weighted by Crippen LogP contribution is 2.21. The molecule has 1 heterocycles. The maximum Gasteiger partial charge on any atom is 0.229 e. The fourth-order valence-corrected chi connectivity index (χ4v) is 1.61. The third kappa shape index (κ3) is 3.20. The van der Waals surface area contributed by atoms with Gasteiger partial charge in [0.15, 0.2) is 12.4 Å². The van der Waals surface area contributed by atoms with Crippen molar-refractivity contribution in [2.75, 3.05) is 0 Å². The van der Waals surface area contributed by atoms with Gasteiger partial charge >= 0.3 is 0 Å². The fraction of sp³-hybridized carbons (Fsp3) is 0.357. The molecule has 2 rings (SSSR count). The molecular formula is C14H15FN2O3. The van der Waals surface area contributed by atoms with Gasteiger partial charge in [0.2, 0.25) is 11.7 Å². The summed E-state index contributed by atoms with van der Waals surface area (Å²) in [6.07, 6.45) is 0. The van der Waals surface area contributed by atoms with Crippen LogP contribution in [0.2, 0.25) is 0 Å². The predicted octanol–water partition coefficient (Wildman–Crippen LogP) is 3.11. The van der Waals surface area contributed by atoms with Crippen molar-refractivity contribution in [2.24, 2.45) is 0 Å². The van der Waals surface area contributed by atoms with Crippen LogP contribution in [0.1, 0.15) is 48.8 Å². The van der Waals surface area contributed by atoms with Crippen LogP contribution in [0.4, 0.5) is 4.39 Å². The van der Waals surface area contributed by atoms with Crippen LogP contribution in [0.3, 0.4) is 0 Å². The predicted molar refractivity (Wildman–Crippen MR) is 69.1 cm³/mol. The van der Waals surface area contributed by atoms with Gasteiger partial charge < -0.3 is 9.26 Å². The molecule has 0 N–H and O–H groups in total. The van der Waals surface area contributed by atoms with Gasteiger partial charge in [0.25, 0.3) is 0 Å². The number of rotatable bonds is 5. The van der Waals surface area contributed by atoms with E-state index in [0.717, 1.165) is 0 Å². The topological polar surface area (TPSA) is 65.2 Å². The van der Waals surface area contributed by atoms with Crippen LogP contribution in [0, 0.1) is 5.82 Å². The summed E-state index contributed by atoms with van der Waals surface area (Å²) >= 11 is 0. The monoisotopic (exact) mass is 278 g/mol. The van der Waals surface area contributed by atoms with E-state index in [2.05, 4.69) is 10.1 Å². The number of ether oxygens (including phenoxy) is 1. The van der Waals surface area contributed by atoms with E-state index in [-0.39, 0.29) is 24.1 Å². The standard InChI is InChI=1S/C14H15FN2O3/c1-8(2)14-16-13(17-20-14)7-19-12-6-10(15)4-5-11(12)9(3)18/h4-6,8H,7H2,1-3H3. The van der Waals surface area contributed by atoms with E-state index >= 15 is 0 Å². The van der Waals surface area contributed by atoms with Gasteiger partial charge in [-0.1, -0.05) is 19.0 Å². The van der Waals surface area contributed by atoms with Crippen LogP contribution in [-0.4, -0.2) is 15.9 Å². The molecule has 0 atom stereocenters. The average molecular weight is 278 g/mol. The molecule has 0 aliphatic heterocycles. The summed E-state index contributed by atoms with van der Waals surface area (Å²) in [5, 5.41) is 3.76. The van der Waals surface area contributed by atoms with Crippen molar-refractivity contribution < 1.29 is 18.4 Å². The SMILES string of the molecule is CC(=O)c1ccc(F)cc1OCc1noc(C(C)C)n1. The van der Waals surface area contributed by atoms with Gasteiger partial charge in [-0.2, -0.15) is 4.98 Å². The number of nitrogens with zero attached hydrogens (tertiary/aromatic N) is 2. The van der Waals surface area contributed by atoms with Gasteiger partial charge in [0.05, 0.1) is 5.56 Å². The first-order valence-electron chi connectivity index (χ1n) is 6.23. The van der Waals surface area contributed by atoms with E-state index in [1.807, 2.05) is 13.8 Å². The summed E-state index contributed by atoms with van der Waals surface area (Å²) in [5.41, 5.74) is 0.318. The van der Waals surface area contributed by atoms with Gasteiger partial charge in [0, 0.05) is 12.0 Å². The highest BCUT2D eigenvalue weighted by atomic mass is 19.1. The van der Waals surface area contributed by atoms with Crippen molar-refractivity contribution in [2.45, 2.75) is 33.3 Å². The molecule has 106 valence electrons. The molecule has 0 aliphatic carbocycles. The van der Waals surface area contributed by atoms with Crippen LogP contribution in [-0.2, 0) is 6.61 Å². The Morgan fingerprint density at radius 2 is 2.20 bits per heavy atom. The summed E-state index contributed by atoms with van der Waals surface area (Å²) in [4.78, 5) is 15.6. The van der Waals surface area contributed by atoms with E-state index < -0.39 is 5.82 Å². The molecule has 0 fully saturated rings. The van der Waals surface area contributed by atoms with E-state index in [1.165, 1.54) is 25.1 Å². The van der Waals surface area contributed by atoms with Gasteiger partial charge in [-0.05, 0) is 19.1 Å². The number of Topliss-reactive ketones (excluding diaryl/α,β-unsaturated/α-hetero) is 1. The Morgan fingerprint density at radius 3 is 2.80 bits per heavy atom. The fourth-order valence-electron chi connectivity index (χ4n) is 1.61. The Balaban J connectivity index is 2.13. The number of benzene rings is 1. The Hall–Kier alpha value is -2.24. The van der Waals surface area contributed by atoms with Crippen LogP contribution in [0.25, 0.3) is 0 Å². The smallest absolute Gasteiger partial charge is 0.229 e. The van der Waals surface area contributed by atoms with Crippen molar-refractivity contribution in [3.05, 3.63) is 41.3 Å². The lowest BCUT2D eigenvalue weighted by atomic mass is 10.1. The highest BCUT2D eigenvalue weighted by molar-refractivity contribution is 5.96. The maximum atomic E-state index is 13.2. The largest absolute Gasteiger partial charge is 0.485 e. The zero-order chi connectivity index (χ0) is 14.7. The van der Waals surface area contributed by atoms with Crippen molar-refractivity contribution in [1.29, 1.82) is 0 Å². The number of halogens is 1. The quantitative estimate of drug-likeness (QED) is 0.786. The van der Waals surface area contributed by atoms with Crippen molar-refractivity contribution >= 4 is 5.78 Å². The van der Waals surface area contributed by atoms with Crippen LogP contribution in [0.5, 0.6) is 5.75 Å². The Labute approximate surface area is 115 Å². The first-order chi connectivity index (χ1) is 9.47. The normalized spacial score (nSPS) is 10.8. The molecule has 2 aromatic rings. The van der Waals surface area contributed by atoms with Crippen molar-refractivity contribution in [1.82, 2.24) is 10.1 Å². The summed E-state index contributed by atoms with van der Waals surface area (Å²) < 4.78 is 23.7. The average Bonchev–Trinajstić information content (AvgIpc) is 2.85. The second-order valence-electron chi connectivity index (χ2n) is 4.69. The number of carbonyl (C=O) groups excluding carboxylic acids is 1. The summed E-state index contributed by atoms with van der Waals surface area (Å²) in [6, 6.07) is 3.78. The zero-order valence-electron chi connectivity index (χ0n) is 11.5. The zero-order valence-corrected chi connectivity index (χ0v) is 11.5. The molecule has 0 saturated carbocycles. The highest BCUT2D eigenvalue weighted by Gasteiger charge is 2.13. The summed E-state index contributed by atoms with van der Waals surface area (Å²) in [7, 11) is 0. The summed E-state index contributed by atoms with van der Waals surface area (Å²) in [6.45, 7) is 5.27. The van der Waals surface area contributed by atoms with Crippen molar-refractivity contribution in [3.8, 4) is 5.75 Å². The molecule has 0 amide bonds. The van der Waals surface area contributed by atoms with Gasteiger partial charge in [-0.3, -0.25) is 4.79 Å². The molecule has 20 heavy (non-hydrogen) atoms. The third-order valence-corrected chi connectivity index (χ3v) is 2.66. The molecule has 0 spiro atoms. The minimum Gasteiger partial charge on any atom is -0.485 e. The number of carbonyl (C=O) groups is 1. The molecular weight excluding hydrogens is 263 g/mol. The number of aromatic nitrogens is 2. The minimum absolute atomic E-state index is 0.0138. The van der Waals surface area contributed by atoms with Gasteiger partial charge in [0.1, 0.15) is 11.6 Å². The molecule has 0 radical (unpaired) electrons. The molecule has 6 heteroatoms. The summed E-state index contributed by atoms with van der Waals surface area (Å²) in [5.74, 6) is 0.491. The molecule has 0 saturated heterocycles. The second kappa shape index (κ2) is 5.81. The Morgan fingerprint density at radius 1 is 1.45 bits per heavy atom. The molecule has 1 aromatic heterocycles. The lowest BCUT2D eigenvalue weighted by molar-refractivity contribution is 0.101. The van der Waals surface area contributed by atoms with E-state index in [1.54, 1.807) is 0 Å². The van der Waals surface area contributed by atoms with Crippen LogP contribution < -0.4 is 4.74 Å². The molecule has 1 aromatic carbocycles. The first-order valence-corrected chi connectivity index (χ1v) is 6.23. The van der Waals surface area contributed by atoms with Gasteiger partial charge in [-0.15, -0.1) is 0 Å². The molecule has 0 bridgehead atoms. The van der Waals surface area contributed by atoms with Crippen LogP contribution in [0.15, 0.2) is 22.7 Å². The van der Waals surface area contributed by atoms with Gasteiger partial charge in [-0.25, -0.2) is 4.39 Å². The van der Waals surface area contributed by atoms with Crippen molar-refractivity contribution in [3.63, 3.8) is 0 Å². The lowest BCUT2D eigenvalue weighted by Crippen LogP contribution is -2.03. The molecule has 0 aliphatic rings.